The number of rotatable bonds is 9. The van der Waals surface area contributed by atoms with Crippen LogP contribution in [0.4, 0.5) is 10.5 Å². The molecule has 0 spiro atoms. The highest BCUT2D eigenvalue weighted by atomic mass is 79.9. The third-order valence-corrected chi connectivity index (χ3v) is 3.16. The van der Waals surface area contributed by atoms with Gasteiger partial charge in [0.25, 0.3) is 0 Å². The lowest BCUT2D eigenvalue weighted by molar-refractivity contribution is 0.252. The molecule has 2 amide bonds. The number of anilines is 1. The van der Waals surface area contributed by atoms with Gasteiger partial charge in [-0.3, -0.25) is 0 Å². The average molecular weight is 343 g/mol. The predicted molar refractivity (Wildman–Crippen MR) is 86.9 cm³/mol. The molecular weight excluding hydrogens is 320 g/mol. The Kier molecular flexibility index (Phi) is 8.87. The summed E-state index contributed by atoms with van der Waals surface area (Å²) in [5.41, 5.74) is 0.760. The van der Waals surface area contributed by atoms with Crippen molar-refractivity contribution in [2.45, 2.75) is 32.6 Å². The summed E-state index contributed by atoms with van der Waals surface area (Å²) in [6.45, 7) is 3.55. The van der Waals surface area contributed by atoms with Gasteiger partial charge in [-0.05, 0) is 30.7 Å². The summed E-state index contributed by atoms with van der Waals surface area (Å²) in [5.74, 6) is 0.841. The fourth-order valence-electron chi connectivity index (χ4n) is 1.69. The molecule has 2 N–H and O–H groups in total. The Bertz CT molecular complexity index is 382. The van der Waals surface area contributed by atoms with Crippen LogP contribution in [-0.2, 0) is 0 Å². The van der Waals surface area contributed by atoms with Crippen molar-refractivity contribution in [3.05, 3.63) is 24.3 Å². The van der Waals surface area contributed by atoms with E-state index in [1.807, 2.05) is 24.3 Å². The molecule has 0 bridgehead atoms. The lowest BCUT2D eigenvalue weighted by Gasteiger charge is -2.08. The molecule has 0 fully saturated rings. The zero-order chi connectivity index (χ0) is 14.6. The SMILES string of the molecule is CCCCCCOc1ccc(NC(=O)NCCBr)cc1. The van der Waals surface area contributed by atoms with E-state index in [4.69, 9.17) is 4.74 Å². The maximum absolute atomic E-state index is 11.5. The van der Waals surface area contributed by atoms with E-state index in [2.05, 4.69) is 33.5 Å². The summed E-state index contributed by atoms with van der Waals surface area (Å²) in [4.78, 5) is 11.5. The number of ether oxygens (including phenoxy) is 1. The second kappa shape index (κ2) is 10.5. The first kappa shape index (κ1) is 16.8. The molecule has 0 aromatic heterocycles. The van der Waals surface area contributed by atoms with Crippen LogP contribution in [0.25, 0.3) is 0 Å². The van der Waals surface area contributed by atoms with Gasteiger partial charge in [0.05, 0.1) is 6.61 Å². The molecule has 20 heavy (non-hydrogen) atoms. The first-order valence-corrected chi connectivity index (χ1v) is 8.22. The van der Waals surface area contributed by atoms with Crippen LogP contribution in [0, 0.1) is 0 Å². The van der Waals surface area contributed by atoms with Crippen molar-refractivity contribution in [2.24, 2.45) is 0 Å². The summed E-state index contributed by atoms with van der Waals surface area (Å²) in [6.07, 6.45) is 4.79. The Balaban J connectivity index is 2.27. The summed E-state index contributed by atoms with van der Waals surface area (Å²) in [5, 5.41) is 6.22. The summed E-state index contributed by atoms with van der Waals surface area (Å²) in [7, 11) is 0. The molecule has 4 nitrogen and oxygen atoms in total. The van der Waals surface area contributed by atoms with Gasteiger partial charge in [0.1, 0.15) is 5.75 Å². The first-order chi connectivity index (χ1) is 9.76. The number of amides is 2. The van der Waals surface area contributed by atoms with Crippen molar-refractivity contribution in [1.82, 2.24) is 5.32 Å². The van der Waals surface area contributed by atoms with Crippen LogP contribution >= 0.6 is 15.9 Å². The summed E-state index contributed by atoms with van der Waals surface area (Å²) < 4.78 is 5.64. The van der Waals surface area contributed by atoms with Crippen LogP contribution in [-0.4, -0.2) is 24.5 Å². The molecule has 0 atom stereocenters. The smallest absolute Gasteiger partial charge is 0.319 e. The topological polar surface area (TPSA) is 50.4 Å². The van der Waals surface area contributed by atoms with Gasteiger partial charge < -0.3 is 15.4 Å². The molecule has 0 unspecified atom stereocenters. The fraction of sp³-hybridized carbons (Fsp3) is 0.533. The largest absolute Gasteiger partial charge is 0.494 e. The second-order valence-corrected chi connectivity index (χ2v) is 5.30. The molecule has 1 aromatic carbocycles. The number of hydrogen-bond acceptors (Lipinski definition) is 2. The van der Waals surface area contributed by atoms with Crippen LogP contribution < -0.4 is 15.4 Å². The number of carbonyl (C=O) groups excluding carboxylic acids is 1. The van der Waals surface area contributed by atoms with Gasteiger partial charge >= 0.3 is 6.03 Å². The maximum Gasteiger partial charge on any atom is 0.319 e. The van der Waals surface area contributed by atoms with Gasteiger partial charge in [0.15, 0.2) is 0 Å². The highest BCUT2D eigenvalue weighted by Gasteiger charge is 2.01. The Morgan fingerprint density at radius 3 is 2.60 bits per heavy atom. The van der Waals surface area contributed by atoms with Crippen molar-refractivity contribution < 1.29 is 9.53 Å². The molecule has 0 aliphatic heterocycles. The molecule has 0 aliphatic rings. The zero-order valence-electron chi connectivity index (χ0n) is 12.0. The van der Waals surface area contributed by atoms with Crippen LogP contribution in [0.1, 0.15) is 32.6 Å². The molecule has 0 aliphatic carbocycles. The van der Waals surface area contributed by atoms with Gasteiger partial charge in [-0.1, -0.05) is 42.1 Å². The van der Waals surface area contributed by atoms with E-state index in [0.29, 0.717) is 6.54 Å². The fourth-order valence-corrected chi connectivity index (χ4v) is 1.89. The van der Waals surface area contributed by atoms with Gasteiger partial charge in [-0.2, -0.15) is 0 Å². The van der Waals surface area contributed by atoms with Gasteiger partial charge in [-0.15, -0.1) is 0 Å². The van der Waals surface area contributed by atoms with Gasteiger partial charge in [0, 0.05) is 17.6 Å². The van der Waals surface area contributed by atoms with Crippen LogP contribution in [0.2, 0.25) is 0 Å². The highest BCUT2D eigenvalue weighted by molar-refractivity contribution is 9.09. The van der Waals surface area contributed by atoms with E-state index < -0.39 is 0 Å². The van der Waals surface area contributed by atoms with E-state index in [0.717, 1.165) is 29.8 Å². The zero-order valence-corrected chi connectivity index (χ0v) is 13.5. The number of urea groups is 1. The Labute approximate surface area is 129 Å². The molecule has 1 aromatic rings. The van der Waals surface area contributed by atoms with Crippen molar-refractivity contribution >= 4 is 27.6 Å². The van der Waals surface area contributed by atoms with E-state index in [1.165, 1.54) is 19.3 Å². The minimum atomic E-state index is -0.197. The maximum atomic E-state index is 11.5. The molecule has 0 saturated heterocycles. The van der Waals surface area contributed by atoms with Gasteiger partial charge in [0.2, 0.25) is 0 Å². The lowest BCUT2D eigenvalue weighted by Crippen LogP contribution is -2.30. The number of carbonyl (C=O) groups is 1. The minimum absolute atomic E-state index is 0.197. The molecule has 0 saturated carbocycles. The highest BCUT2D eigenvalue weighted by Crippen LogP contribution is 2.16. The van der Waals surface area contributed by atoms with E-state index in [9.17, 15) is 4.79 Å². The van der Waals surface area contributed by atoms with E-state index in [-0.39, 0.29) is 6.03 Å². The van der Waals surface area contributed by atoms with E-state index >= 15 is 0 Å². The predicted octanol–water partition coefficient (Wildman–Crippen LogP) is 4.16. The van der Waals surface area contributed by atoms with Crippen molar-refractivity contribution in [3.63, 3.8) is 0 Å². The molecule has 0 radical (unpaired) electrons. The van der Waals surface area contributed by atoms with Crippen molar-refractivity contribution in [3.8, 4) is 5.75 Å². The minimum Gasteiger partial charge on any atom is -0.494 e. The number of unbranched alkanes of at least 4 members (excludes halogenated alkanes) is 3. The number of alkyl halides is 1. The summed E-state index contributed by atoms with van der Waals surface area (Å²) >= 11 is 3.25. The Morgan fingerprint density at radius 1 is 1.20 bits per heavy atom. The number of halogens is 1. The second-order valence-electron chi connectivity index (χ2n) is 4.50. The monoisotopic (exact) mass is 342 g/mol. The third kappa shape index (κ3) is 7.38. The van der Waals surface area contributed by atoms with Crippen LogP contribution in [0.5, 0.6) is 5.75 Å². The first-order valence-electron chi connectivity index (χ1n) is 7.10. The number of hydrogen-bond donors (Lipinski definition) is 2. The standard InChI is InChI=1S/C15H23BrN2O2/c1-2-3-4-5-12-20-14-8-6-13(7-9-14)18-15(19)17-11-10-16/h6-9H,2-5,10-12H2,1H3,(H2,17,18,19). The molecule has 1 rings (SSSR count). The Morgan fingerprint density at radius 2 is 1.95 bits per heavy atom. The van der Waals surface area contributed by atoms with Crippen LogP contribution in [0.15, 0.2) is 24.3 Å². The molecule has 0 heterocycles. The van der Waals surface area contributed by atoms with Crippen LogP contribution in [0.3, 0.4) is 0 Å². The Hall–Kier alpha value is -1.23. The average Bonchev–Trinajstić information content (AvgIpc) is 2.46. The number of benzene rings is 1. The van der Waals surface area contributed by atoms with Crippen molar-refractivity contribution in [1.29, 1.82) is 0 Å². The molecule has 5 heteroatoms. The normalized spacial score (nSPS) is 10.1. The van der Waals surface area contributed by atoms with Gasteiger partial charge in [-0.25, -0.2) is 4.79 Å². The molecular formula is C15H23BrN2O2. The van der Waals surface area contributed by atoms with E-state index in [1.54, 1.807) is 0 Å². The number of nitrogens with one attached hydrogen (secondary N) is 2. The third-order valence-electron chi connectivity index (χ3n) is 2.76. The molecule has 112 valence electrons. The van der Waals surface area contributed by atoms with Crippen molar-refractivity contribution in [2.75, 3.05) is 23.8 Å². The summed E-state index contributed by atoms with van der Waals surface area (Å²) in [6, 6.07) is 7.24. The quantitative estimate of drug-likeness (QED) is 0.522. The lowest BCUT2D eigenvalue weighted by atomic mass is 10.2.